The Hall–Kier alpha value is -3.15. The zero-order chi connectivity index (χ0) is 21.7. The molecule has 0 fully saturated rings. The Bertz CT molecular complexity index is 969. The van der Waals surface area contributed by atoms with Gasteiger partial charge in [-0.3, -0.25) is 9.79 Å². The van der Waals surface area contributed by atoms with E-state index < -0.39 is 5.97 Å². The lowest BCUT2D eigenvalue weighted by atomic mass is 9.78. The van der Waals surface area contributed by atoms with Gasteiger partial charge in [-0.05, 0) is 38.8 Å². The van der Waals surface area contributed by atoms with Crippen LogP contribution in [-0.4, -0.2) is 31.2 Å². The Balaban J connectivity index is 1.73. The summed E-state index contributed by atoms with van der Waals surface area (Å²) in [6.07, 6.45) is 4.87. The summed E-state index contributed by atoms with van der Waals surface area (Å²) in [5.74, 6) is 0.484. The van der Waals surface area contributed by atoms with E-state index in [1.54, 1.807) is 20.2 Å². The maximum atomic E-state index is 12.9. The molecule has 2 aliphatic rings. The molecular weight excluding hydrogens is 380 g/mol. The summed E-state index contributed by atoms with van der Waals surface area (Å²) in [5.41, 5.74) is 4.54. The Kier molecular flexibility index (Phi) is 6.87. The van der Waals surface area contributed by atoms with Gasteiger partial charge in [0.15, 0.2) is 5.78 Å². The molecule has 6 heteroatoms. The molecular formula is C24H28N2O4. The third-order valence-corrected chi connectivity index (χ3v) is 5.41. The fourth-order valence-corrected chi connectivity index (χ4v) is 3.84. The molecule has 158 valence electrons. The molecule has 0 saturated carbocycles. The van der Waals surface area contributed by atoms with Gasteiger partial charge in [-0.25, -0.2) is 4.79 Å². The van der Waals surface area contributed by atoms with Crippen LogP contribution in [0.1, 0.15) is 51.5 Å². The zero-order valence-corrected chi connectivity index (χ0v) is 18.0. The summed E-state index contributed by atoms with van der Waals surface area (Å²) in [7, 11) is 1.64. The van der Waals surface area contributed by atoms with Crippen LogP contribution in [0.5, 0.6) is 5.75 Å². The van der Waals surface area contributed by atoms with Crippen LogP contribution in [0.25, 0.3) is 0 Å². The molecule has 30 heavy (non-hydrogen) atoms. The minimum Gasteiger partial charge on any atom is -0.496 e. The monoisotopic (exact) mass is 408 g/mol. The minimum absolute atomic E-state index is 0.0479. The minimum atomic E-state index is -0.416. The first-order valence-electron chi connectivity index (χ1n) is 10.1. The number of benzene rings is 1. The van der Waals surface area contributed by atoms with E-state index in [1.165, 1.54) is 0 Å². The fourth-order valence-electron chi connectivity index (χ4n) is 3.84. The number of nitrogens with zero attached hydrogens (tertiary/aromatic N) is 1. The lowest BCUT2D eigenvalue weighted by molar-refractivity contribution is -0.137. The highest BCUT2D eigenvalue weighted by Crippen LogP contribution is 2.41. The van der Waals surface area contributed by atoms with E-state index >= 15 is 0 Å². The summed E-state index contributed by atoms with van der Waals surface area (Å²) in [6, 6.07) is 7.81. The van der Waals surface area contributed by atoms with E-state index in [1.807, 2.05) is 44.2 Å². The lowest BCUT2D eigenvalue weighted by Gasteiger charge is -2.32. The van der Waals surface area contributed by atoms with Crippen molar-refractivity contribution in [2.45, 2.75) is 46.0 Å². The third kappa shape index (κ3) is 4.70. The topological polar surface area (TPSA) is 77.0 Å². The number of Topliss-reactive ketones (excluding diaryl/α,β-unsaturated/α-hetero) is 1. The molecule has 0 spiro atoms. The second kappa shape index (κ2) is 9.57. The van der Waals surface area contributed by atoms with Crippen molar-refractivity contribution in [3.05, 3.63) is 64.6 Å². The normalized spacial score (nSPS) is 19.7. The van der Waals surface area contributed by atoms with Crippen molar-refractivity contribution >= 4 is 17.5 Å². The van der Waals surface area contributed by atoms with E-state index in [0.717, 1.165) is 22.7 Å². The number of aliphatic imine (C=N–C) groups is 1. The summed E-state index contributed by atoms with van der Waals surface area (Å²) in [4.78, 5) is 29.7. The van der Waals surface area contributed by atoms with Gasteiger partial charge < -0.3 is 14.8 Å². The summed E-state index contributed by atoms with van der Waals surface area (Å²) in [6.45, 7) is 5.64. The van der Waals surface area contributed by atoms with Crippen LogP contribution in [0.2, 0.25) is 0 Å². The molecule has 0 unspecified atom stereocenters. The number of para-hydroxylation sites is 1. The SMILES string of the molecule is C/C=C\N=C(C)COC(=O)C1=C(C)NC2=C(C1)C(=O)C[C@H](c1ccccc1OC)C2. The second-order valence-corrected chi connectivity index (χ2v) is 7.56. The quantitative estimate of drug-likeness (QED) is 0.564. The first-order valence-corrected chi connectivity index (χ1v) is 10.1. The molecule has 6 nitrogen and oxygen atoms in total. The highest BCUT2D eigenvalue weighted by Gasteiger charge is 2.34. The number of rotatable bonds is 6. The Morgan fingerprint density at radius 1 is 1.30 bits per heavy atom. The van der Waals surface area contributed by atoms with Crippen LogP contribution in [0, 0.1) is 0 Å². The predicted molar refractivity (Wildman–Crippen MR) is 116 cm³/mol. The number of dihydropyridines is 1. The van der Waals surface area contributed by atoms with E-state index in [2.05, 4.69) is 10.3 Å². The highest BCUT2D eigenvalue weighted by atomic mass is 16.5. The molecule has 1 aromatic rings. The number of hydrogen-bond acceptors (Lipinski definition) is 6. The van der Waals surface area contributed by atoms with Gasteiger partial charge in [0, 0.05) is 41.9 Å². The van der Waals surface area contributed by atoms with Crippen molar-refractivity contribution in [3.8, 4) is 5.75 Å². The van der Waals surface area contributed by atoms with Gasteiger partial charge in [-0.1, -0.05) is 24.3 Å². The molecule has 0 bridgehead atoms. The number of allylic oxidation sites excluding steroid dienone is 4. The van der Waals surface area contributed by atoms with Crippen molar-refractivity contribution in [1.29, 1.82) is 0 Å². The lowest BCUT2D eigenvalue weighted by Crippen LogP contribution is -2.32. The molecule has 0 radical (unpaired) electrons. The number of methoxy groups -OCH3 is 1. The van der Waals surface area contributed by atoms with Gasteiger partial charge in [0.25, 0.3) is 0 Å². The maximum absolute atomic E-state index is 12.9. The molecule has 1 aliphatic carbocycles. The number of ether oxygens (including phenoxy) is 2. The van der Waals surface area contributed by atoms with Gasteiger partial charge in [-0.15, -0.1) is 0 Å². The molecule has 1 N–H and O–H groups in total. The number of carbonyl (C=O) groups excluding carboxylic acids is 2. The maximum Gasteiger partial charge on any atom is 0.336 e. The molecule has 0 saturated heterocycles. The number of ketones is 1. The highest BCUT2D eigenvalue weighted by molar-refractivity contribution is 6.02. The first kappa shape index (κ1) is 21.6. The zero-order valence-electron chi connectivity index (χ0n) is 18.0. The smallest absolute Gasteiger partial charge is 0.336 e. The summed E-state index contributed by atoms with van der Waals surface area (Å²) < 4.78 is 10.9. The Morgan fingerprint density at radius 2 is 2.07 bits per heavy atom. The van der Waals surface area contributed by atoms with E-state index in [0.29, 0.717) is 36.1 Å². The Labute approximate surface area is 177 Å². The predicted octanol–water partition coefficient (Wildman–Crippen LogP) is 4.20. The van der Waals surface area contributed by atoms with Gasteiger partial charge in [-0.2, -0.15) is 0 Å². The standard InChI is InChI=1S/C24H28N2O4/c1-5-10-25-15(2)14-30-24(28)19-13-20-21(26-16(19)3)11-17(12-22(20)27)18-8-6-7-9-23(18)29-4/h5-10,17,26H,11-14H2,1-4H3/b10-5-,25-15?/t17-/m1/s1. The second-order valence-electron chi connectivity index (χ2n) is 7.56. The Morgan fingerprint density at radius 3 is 2.80 bits per heavy atom. The fraction of sp³-hybridized carbons (Fsp3) is 0.375. The number of nitrogens with one attached hydrogen (secondary N) is 1. The summed E-state index contributed by atoms with van der Waals surface area (Å²) in [5, 5.41) is 3.29. The van der Waals surface area contributed by atoms with Crippen molar-refractivity contribution in [2.75, 3.05) is 13.7 Å². The van der Waals surface area contributed by atoms with Crippen molar-refractivity contribution in [1.82, 2.24) is 5.32 Å². The van der Waals surface area contributed by atoms with Crippen molar-refractivity contribution in [3.63, 3.8) is 0 Å². The van der Waals surface area contributed by atoms with Crippen LogP contribution >= 0.6 is 0 Å². The van der Waals surface area contributed by atoms with Gasteiger partial charge in [0.05, 0.1) is 18.4 Å². The van der Waals surface area contributed by atoms with Crippen molar-refractivity contribution < 1.29 is 19.1 Å². The van der Waals surface area contributed by atoms with E-state index in [-0.39, 0.29) is 18.3 Å². The molecule has 1 atom stereocenters. The van der Waals surface area contributed by atoms with Gasteiger partial charge in [0.1, 0.15) is 12.4 Å². The largest absolute Gasteiger partial charge is 0.496 e. The average molecular weight is 408 g/mol. The molecule has 0 aromatic heterocycles. The number of hydrogen-bond donors (Lipinski definition) is 1. The molecule has 3 rings (SSSR count). The average Bonchev–Trinajstić information content (AvgIpc) is 2.75. The van der Waals surface area contributed by atoms with Crippen LogP contribution in [0.3, 0.4) is 0 Å². The van der Waals surface area contributed by atoms with Gasteiger partial charge >= 0.3 is 5.97 Å². The van der Waals surface area contributed by atoms with Crippen LogP contribution in [-0.2, 0) is 14.3 Å². The van der Waals surface area contributed by atoms with Crippen LogP contribution in [0.4, 0.5) is 0 Å². The van der Waals surface area contributed by atoms with E-state index in [9.17, 15) is 9.59 Å². The molecule has 1 aromatic carbocycles. The van der Waals surface area contributed by atoms with Crippen LogP contribution in [0.15, 0.2) is 64.1 Å². The van der Waals surface area contributed by atoms with Crippen LogP contribution < -0.4 is 10.1 Å². The molecule has 1 aliphatic heterocycles. The van der Waals surface area contributed by atoms with Crippen molar-refractivity contribution in [2.24, 2.45) is 4.99 Å². The van der Waals surface area contributed by atoms with E-state index in [4.69, 9.17) is 9.47 Å². The first-order chi connectivity index (χ1) is 14.4. The molecule has 1 heterocycles. The summed E-state index contributed by atoms with van der Waals surface area (Å²) >= 11 is 0. The third-order valence-electron chi connectivity index (χ3n) is 5.41. The van der Waals surface area contributed by atoms with Gasteiger partial charge in [0.2, 0.25) is 0 Å². The number of carbonyl (C=O) groups is 2. The molecule has 0 amide bonds. The number of esters is 1.